The Morgan fingerprint density at radius 1 is 1.52 bits per heavy atom. The van der Waals surface area contributed by atoms with Crippen LogP contribution in [0.15, 0.2) is 41.8 Å². The molecule has 0 fully saturated rings. The average Bonchev–Trinajstić information content (AvgIpc) is 2.98. The van der Waals surface area contributed by atoms with Crippen molar-refractivity contribution in [2.45, 2.75) is 13.5 Å². The lowest BCUT2D eigenvalue weighted by Crippen LogP contribution is -2.28. The number of nitrogens with one attached hydrogen (secondary N) is 1. The van der Waals surface area contributed by atoms with E-state index in [-0.39, 0.29) is 24.0 Å². The van der Waals surface area contributed by atoms with Gasteiger partial charge in [0.2, 0.25) is 5.91 Å². The van der Waals surface area contributed by atoms with Gasteiger partial charge in [0.1, 0.15) is 18.2 Å². The Morgan fingerprint density at radius 2 is 2.22 bits per heavy atom. The number of hydrogen-bond donors (Lipinski definition) is 1. The Balaban J connectivity index is 1.86. The first-order chi connectivity index (χ1) is 11.0. The number of amides is 1. The molecule has 1 N–H and O–H groups in total. The van der Waals surface area contributed by atoms with Crippen molar-refractivity contribution in [2.75, 3.05) is 0 Å². The summed E-state index contributed by atoms with van der Waals surface area (Å²) in [6.45, 7) is 1.84. The first kappa shape index (κ1) is 16.3. The van der Waals surface area contributed by atoms with Gasteiger partial charge in [0.15, 0.2) is 0 Å². The van der Waals surface area contributed by atoms with Gasteiger partial charge in [-0.2, -0.15) is 10.2 Å². The third kappa shape index (κ3) is 4.70. The topological polar surface area (TPSA) is 102 Å². The largest absolute Gasteiger partial charge is 0.306 e. The van der Waals surface area contributed by atoms with Crippen molar-refractivity contribution in [2.24, 2.45) is 11.0 Å². The van der Waals surface area contributed by atoms with Crippen molar-refractivity contribution in [3.8, 4) is 0 Å². The molecule has 0 saturated carbocycles. The van der Waals surface area contributed by atoms with E-state index < -0.39 is 10.8 Å². The number of hydrazone groups is 1. The van der Waals surface area contributed by atoms with Crippen LogP contribution in [0.4, 0.5) is 10.1 Å². The maximum atomic E-state index is 12.7. The highest BCUT2D eigenvalue weighted by molar-refractivity contribution is 5.83. The second-order valence-corrected chi connectivity index (χ2v) is 4.86. The van der Waals surface area contributed by atoms with Crippen molar-refractivity contribution in [1.29, 1.82) is 0 Å². The van der Waals surface area contributed by atoms with Crippen LogP contribution in [0.5, 0.6) is 0 Å². The summed E-state index contributed by atoms with van der Waals surface area (Å²) in [6.07, 6.45) is 3.77. The first-order valence-corrected chi connectivity index (χ1v) is 6.71. The van der Waals surface area contributed by atoms with Crippen LogP contribution in [0.2, 0.25) is 0 Å². The van der Waals surface area contributed by atoms with Gasteiger partial charge in [-0.25, -0.2) is 9.82 Å². The molecule has 1 amide bonds. The van der Waals surface area contributed by atoms with Crippen LogP contribution in [0, 0.1) is 21.8 Å². The van der Waals surface area contributed by atoms with Gasteiger partial charge < -0.3 is 0 Å². The number of nitrogens with zero attached hydrogens (tertiary/aromatic N) is 4. The van der Waals surface area contributed by atoms with Gasteiger partial charge >= 0.3 is 5.69 Å². The number of aromatic nitrogens is 2. The Hall–Kier alpha value is -3.10. The predicted molar refractivity (Wildman–Crippen MR) is 80.2 cm³/mol. The van der Waals surface area contributed by atoms with E-state index >= 15 is 0 Å². The molecule has 0 radical (unpaired) electrons. The molecule has 120 valence electrons. The lowest BCUT2D eigenvalue weighted by atomic mass is 10.2. The van der Waals surface area contributed by atoms with Crippen LogP contribution in [-0.2, 0) is 11.3 Å². The van der Waals surface area contributed by atoms with Crippen LogP contribution >= 0.6 is 0 Å². The molecular formula is C14H14FN5O3. The molecule has 0 saturated heterocycles. The maximum absolute atomic E-state index is 12.7. The van der Waals surface area contributed by atoms with E-state index in [0.717, 1.165) is 6.20 Å². The van der Waals surface area contributed by atoms with E-state index in [0.29, 0.717) is 5.56 Å². The number of carbonyl (C=O) groups is 1. The van der Waals surface area contributed by atoms with Crippen LogP contribution in [0.25, 0.3) is 0 Å². The van der Waals surface area contributed by atoms with E-state index in [1.54, 1.807) is 6.92 Å². The number of halogens is 1. The number of hydrogen-bond acceptors (Lipinski definition) is 5. The molecule has 1 aromatic heterocycles. The third-order valence-electron chi connectivity index (χ3n) is 3.00. The molecule has 9 heteroatoms. The first-order valence-electron chi connectivity index (χ1n) is 6.71. The fourth-order valence-corrected chi connectivity index (χ4v) is 1.74. The molecular weight excluding hydrogens is 305 g/mol. The maximum Gasteiger partial charge on any atom is 0.306 e. The summed E-state index contributed by atoms with van der Waals surface area (Å²) in [4.78, 5) is 21.9. The van der Waals surface area contributed by atoms with Crippen molar-refractivity contribution >= 4 is 17.8 Å². The molecule has 0 unspecified atom stereocenters. The summed E-state index contributed by atoms with van der Waals surface area (Å²) in [7, 11) is 0. The highest BCUT2D eigenvalue weighted by Gasteiger charge is 2.15. The molecule has 0 aliphatic carbocycles. The molecule has 1 atom stereocenters. The fraction of sp³-hybridized carbons (Fsp3) is 0.214. The molecule has 2 aromatic rings. The highest BCUT2D eigenvalue weighted by atomic mass is 19.1. The summed E-state index contributed by atoms with van der Waals surface area (Å²) in [5.41, 5.74) is 2.87. The zero-order valence-electron chi connectivity index (χ0n) is 12.2. The van der Waals surface area contributed by atoms with Gasteiger partial charge in [0, 0.05) is 0 Å². The van der Waals surface area contributed by atoms with E-state index in [2.05, 4.69) is 15.6 Å². The molecule has 2 rings (SSSR count). The number of carbonyl (C=O) groups excluding carboxylic acids is 1. The van der Waals surface area contributed by atoms with Gasteiger partial charge in [-0.3, -0.25) is 19.6 Å². The normalized spacial score (nSPS) is 12.3. The van der Waals surface area contributed by atoms with Crippen LogP contribution < -0.4 is 5.43 Å². The molecule has 0 aliphatic rings. The zero-order chi connectivity index (χ0) is 16.8. The van der Waals surface area contributed by atoms with Gasteiger partial charge in [-0.15, -0.1) is 0 Å². The molecule has 8 nitrogen and oxygen atoms in total. The van der Waals surface area contributed by atoms with E-state index in [4.69, 9.17) is 0 Å². The number of nitro groups is 1. The average molecular weight is 319 g/mol. The summed E-state index contributed by atoms with van der Waals surface area (Å²) >= 11 is 0. The van der Waals surface area contributed by atoms with Gasteiger partial charge in [-0.05, 0) is 17.7 Å². The monoisotopic (exact) mass is 319 g/mol. The summed E-state index contributed by atoms with van der Waals surface area (Å²) in [6, 6.07) is 5.63. The van der Waals surface area contributed by atoms with Crippen molar-refractivity contribution in [3.05, 3.63) is 58.2 Å². The SMILES string of the molecule is C[C@H](Cn1cc([N+](=O)[O-])cn1)C(=O)N/N=C\c1ccc(F)cc1. The van der Waals surface area contributed by atoms with E-state index in [1.165, 1.54) is 41.4 Å². The lowest BCUT2D eigenvalue weighted by Gasteiger charge is -2.09. The molecule has 23 heavy (non-hydrogen) atoms. The third-order valence-corrected chi connectivity index (χ3v) is 3.00. The second-order valence-electron chi connectivity index (χ2n) is 4.86. The van der Waals surface area contributed by atoms with E-state index in [9.17, 15) is 19.3 Å². The smallest absolute Gasteiger partial charge is 0.273 e. The predicted octanol–water partition coefficient (Wildman–Crippen LogP) is 1.72. The zero-order valence-corrected chi connectivity index (χ0v) is 12.2. The van der Waals surface area contributed by atoms with Crippen LogP contribution in [-0.4, -0.2) is 26.8 Å². The standard InChI is InChI=1S/C14H14FN5O3/c1-10(8-19-9-13(7-17-19)20(22)23)14(21)18-16-6-11-2-4-12(15)5-3-11/h2-7,9-10H,8H2,1H3,(H,18,21)/b16-6-/t10-/m1/s1. The van der Waals surface area contributed by atoms with Gasteiger partial charge in [0.25, 0.3) is 0 Å². The summed E-state index contributed by atoms with van der Waals surface area (Å²) in [5, 5.41) is 18.2. The Kier molecular flexibility index (Phi) is 5.13. The summed E-state index contributed by atoms with van der Waals surface area (Å²) in [5.74, 6) is -1.20. The molecule has 1 aromatic carbocycles. The van der Waals surface area contributed by atoms with Crippen molar-refractivity contribution < 1.29 is 14.1 Å². The second kappa shape index (κ2) is 7.25. The van der Waals surface area contributed by atoms with Crippen molar-refractivity contribution in [3.63, 3.8) is 0 Å². The minimum Gasteiger partial charge on any atom is -0.273 e. The van der Waals surface area contributed by atoms with E-state index in [1.807, 2.05) is 0 Å². The minimum atomic E-state index is -0.554. The number of benzene rings is 1. The Morgan fingerprint density at radius 3 is 2.83 bits per heavy atom. The van der Waals surface area contributed by atoms with Crippen molar-refractivity contribution in [1.82, 2.24) is 15.2 Å². The number of rotatable bonds is 6. The highest BCUT2D eigenvalue weighted by Crippen LogP contribution is 2.09. The van der Waals surface area contributed by atoms with Gasteiger partial charge in [0.05, 0.1) is 23.6 Å². The fourth-order valence-electron chi connectivity index (χ4n) is 1.74. The minimum absolute atomic E-state index is 0.132. The van der Waals surface area contributed by atoms with Crippen LogP contribution in [0.1, 0.15) is 12.5 Å². The van der Waals surface area contributed by atoms with Crippen LogP contribution in [0.3, 0.4) is 0 Å². The van der Waals surface area contributed by atoms with Gasteiger partial charge in [-0.1, -0.05) is 19.1 Å². The molecule has 0 bridgehead atoms. The quantitative estimate of drug-likeness (QED) is 0.497. The molecule has 0 aliphatic heterocycles. The summed E-state index contributed by atoms with van der Waals surface area (Å²) < 4.78 is 14.1. The Bertz CT molecular complexity index is 726. The lowest BCUT2D eigenvalue weighted by molar-refractivity contribution is -0.385. The Labute approximate surface area is 130 Å². The molecule has 1 heterocycles. The molecule has 0 spiro atoms.